The van der Waals surface area contributed by atoms with Crippen molar-refractivity contribution in [3.05, 3.63) is 0 Å². The minimum absolute atomic E-state index is 0.0504. The van der Waals surface area contributed by atoms with Crippen LogP contribution in [-0.4, -0.2) is 35.7 Å². The van der Waals surface area contributed by atoms with Gasteiger partial charge in [-0.15, -0.1) is 0 Å². The number of hydrogen-bond donors (Lipinski definition) is 2. The molecule has 0 aliphatic carbocycles. The van der Waals surface area contributed by atoms with Crippen molar-refractivity contribution in [3.8, 4) is 0 Å². The van der Waals surface area contributed by atoms with Crippen molar-refractivity contribution in [2.75, 3.05) is 6.26 Å². The smallest absolute Gasteiger partial charge is 0.100 e. The molecule has 0 fully saturated rings. The molecule has 0 aliphatic heterocycles. The predicted molar refractivity (Wildman–Crippen MR) is 68.4 cm³/mol. The van der Waals surface area contributed by atoms with Crippen molar-refractivity contribution in [2.24, 2.45) is 21.7 Å². The van der Waals surface area contributed by atoms with Crippen LogP contribution in [-0.2, 0) is 0 Å². The van der Waals surface area contributed by atoms with Crippen LogP contribution >= 0.6 is 11.8 Å². The average Bonchev–Trinajstić information content (AvgIpc) is 2.15. The molecular formula is C10H24N4S. The molecule has 0 radical (unpaired) electrons. The first-order valence-electron chi connectivity index (χ1n) is 5.34. The van der Waals surface area contributed by atoms with E-state index in [9.17, 15) is 0 Å². The summed E-state index contributed by atoms with van der Waals surface area (Å²) in [5.74, 6) is 0. The number of rotatable bonds is 6. The molecule has 90 valence electrons. The van der Waals surface area contributed by atoms with Crippen LogP contribution in [0.5, 0.6) is 0 Å². The summed E-state index contributed by atoms with van der Waals surface area (Å²) < 4.78 is 0. The van der Waals surface area contributed by atoms with Crippen LogP contribution in [0, 0.1) is 0 Å². The molecule has 5 atom stereocenters. The maximum absolute atomic E-state index is 5.79. The maximum Gasteiger partial charge on any atom is 0.100 e. The number of nitrogens with two attached hydrogens (primary N) is 2. The van der Waals surface area contributed by atoms with E-state index in [0.29, 0.717) is 5.25 Å². The first-order valence-corrected chi connectivity index (χ1v) is 6.62. The molecule has 0 aromatic carbocycles. The Kier molecular flexibility index (Phi) is 7.13. The molecule has 15 heavy (non-hydrogen) atoms. The minimum Gasteiger partial charge on any atom is -0.326 e. The molecule has 4 nitrogen and oxygen atoms in total. The fourth-order valence-corrected chi connectivity index (χ4v) is 1.61. The highest BCUT2D eigenvalue weighted by molar-refractivity contribution is 7.99. The Morgan fingerprint density at radius 2 is 1.40 bits per heavy atom. The van der Waals surface area contributed by atoms with E-state index in [1.165, 1.54) is 0 Å². The number of nitrogens with zero attached hydrogens (tertiary/aromatic N) is 2. The molecule has 0 saturated carbocycles. The van der Waals surface area contributed by atoms with Crippen molar-refractivity contribution in [1.82, 2.24) is 0 Å². The third kappa shape index (κ3) is 5.49. The molecule has 4 N–H and O–H groups in total. The van der Waals surface area contributed by atoms with Crippen molar-refractivity contribution in [2.45, 2.75) is 57.1 Å². The molecular weight excluding hydrogens is 208 g/mol. The zero-order valence-electron chi connectivity index (χ0n) is 10.3. The standard InChI is InChI=1S/C10H24N4S/c1-6(11)10(7(2)12)14-13-8(3)9(4)15-5/h6-10H,11-12H2,1-5H3/t6-,7?,8+,9?,10?/m1/s1. The normalized spacial score (nSPS) is 22.3. The molecule has 0 bridgehead atoms. The number of thioether (sulfide) groups is 1. The Morgan fingerprint density at radius 1 is 0.933 bits per heavy atom. The first kappa shape index (κ1) is 14.9. The summed E-state index contributed by atoms with van der Waals surface area (Å²) in [4.78, 5) is 0. The van der Waals surface area contributed by atoms with E-state index in [-0.39, 0.29) is 24.2 Å². The summed E-state index contributed by atoms with van der Waals surface area (Å²) in [6.07, 6.45) is 2.07. The monoisotopic (exact) mass is 232 g/mol. The molecule has 0 saturated heterocycles. The molecule has 0 heterocycles. The van der Waals surface area contributed by atoms with Gasteiger partial charge in [-0.2, -0.15) is 22.0 Å². The second-order valence-corrected chi connectivity index (χ2v) is 5.34. The fourth-order valence-electron chi connectivity index (χ4n) is 1.16. The second-order valence-electron chi connectivity index (χ2n) is 4.12. The van der Waals surface area contributed by atoms with E-state index < -0.39 is 0 Å². The SMILES string of the molecule is CSC(C)[C@H](C)N=NC(C(C)N)[C@@H](C)N. The Balaban J connectivity index is 4.33. The van der Waals surface area contributed by atoms with E-state index in [2.05, 4.69) is 30.3 Å². The van der Waals surface area contributed by atoms with Crippen molar-refractivity contribution in [3.63, 3.8) is 0 Å². The van der Waals surface area contributed by atoms with E-state index in [4.69, 9.17) is 11.5 Å². The predicted octanol–water partition coefficient (Wildman–Crippen LogP) is 1.64. The highest BCUT2D eigenvalue weighted by atomic mass is 32.2. The largest absolute Gasteiger partial charge is 0.326 e. The summed E-state index contributed by atoms with van der Waals surface area (Å²) in [5, 5.41) is 9.00. The minimum atomic E-state index is -0.0819. The lowest BCUT2D eigenvalue weighted by Gasteiger charge is -2.20. The van der Waals surface area contributed by atoms with E-state index in [1.807, 2.05) is 13.8 Å². The van der Waals surface area contributed by atoms with Gasteiger partial charge in [0.2, 0.25) is 0 Å². The summed E-state index contributed by atoms with van der Waals surface area (Å²) in [5.41, 5.74) is 11.6. The van der Waals surface area contributed by atoms with Crippen LogP contribution in [0.3, 0.4) is 0 Å². The van der Waals surface area contributed by atoms with Gasteiger partial charge in [0.15, 0.2) is 0 Å². The fraction of sp³-hybridized carbons (Fsp3) is 1.00. The number of azo groups is 1. The van der Waals surface area contributed by atoms with Gasteiger partial charge >= 0.3 is 0 Å². The van der Waals surface area contributed by atoms with Gasteiger partial charge in [-0.1, -0.05) is 6.92 Å². The molecule has 5 heteroatoms. The molecule has 0 aliphatic rings. The highest BCUT2D eigenvalue weighted by Gasteiger charge is 2.18. The van der Waals surface area contributed by atoms with Gasteiger partial charge in [0.25, 0.3) is 0 Å². The maximum atomic E-state index is 5.79. The topological polar surface area (TPSA) is 76.8 Å². The molecule has 0 aromatic heterocycles. The van der Waals surface area contributed by atoms with Gasteiger partial charge in [0, 0.05) is 17.3 Å². The Bertz CT molecular complexity index is 186. The summed E-state index contributed by atoms with van der Waals surface area (Å²) in [7, 11) is 0. The molecule has 0 spiro atoms. The lowest BCUT2D eigenvalue weighted by atomic mass is 10.1. The van der Waals surface area contributed by atoms with Gasteiger partial charge in [-0.25, -0.2) is 0 Å². The van der Waals surface area contributed by atoms with Crippen molar-refractivity contribution >= 4 is 11.8 Å². The summed E-state index contributed by atoms with van der Waals surface area (Å²) >= 11 is 1.79. The Hall–Kier alpha value is -0.130. The van der Waals surface area contributed by atoms with E-state index in [0.717, 1.165) is 0 Å². The third-order valence-electron chi connectivity index (χ3n) is 2.51. The molecule has 0 aromatic rings. The van der Waals surface area contributed by atoms with Crippen molar-refractivity contribution < 1.29 is 0 Å². The highest BCUT2D eigenvalue weighted by Crippen LogP contribution is 2.14. The van der Waals surface area contributed by atoms with E-state index >= 15 is 0 Å². The molecule has 3 unspecified atom stereocenters. The molecule has 0 amide bonds. The van der Waals surface area contributed by atoms with E-state index in [1.54, 1.807) is 11.8 Å². The van der Waals surface area contributed by atoms with Crippen molar-refractivity contribution in [1.29, 1.82) is 0 Å². The van der Waals surface area contributed by atoms with Gasteiger partial charge in [-0.3, -0.25) is 0 Å². The summed E-state index contributed by atoms with van der Waals surface area (Å²) in [6.45, 7) is 8.02. The molecule has 0 rings (SSSR count). The zero-order valence-corrected chi connectivity index (χ0v) is 11.2. The summed E-state index contributed by atoms with van der Waals surface area (Å²) in [6, 6.07) is 0.0255. The zero-order chi connectivity index (χ0) is 12.0. The Labute approximate surface area is 97.3 Å². The van der Waals surface area contributed by atoms with Gasteiger partial charge in [0.05, 0.1) is 6.04 Å². The van der Waals surface area contributed by atoms with Crippen LogP contribution in [0.4, 0.5) is 0 Å². The quantitative estimate of drug-likeness (QED) is 0.683. The van der Waals surface area contributed by atoms with Gasteiger partial charge in [0.1, 0.15) is 6.04 Å². The second kappa shape index (κ2) is 7.19. The lowest BCUT2D eigenvalue weighted by molar-refractivity contribution is 0.457. The average molecular weight is 232 g/mol. The van der Waals surface area contributed by atoms with Crippen LogP contribution < -0.4 is 11.5 Å². The number of hydrogen-bond acceptors (Lipinski definition) is 5. The first-order chi connectivity index (χ1) is 6.90. The van der Waals surface area contributed by atoms with Crippen LogP contribution in [0.15, 0.2) is 10.2 Å². The van der Waals surface area contributed by atoms with Crippen LogP contribution in [0.1, 0.15) is 27.7 Å². The third-order valence-corrected chi connectivity index (χ3v) is 3.65. The van der Waals surface area contributed by atoms with Crippen LogP contribution in [0.25, 0.3) is 0 Å². The Morgan fingerprint density at radius 3 is 1.73 bits per heavy atom. The van der Waals surface area contributed by atoms with Gasteiger partial charge < -0.3 is 11.5 Å². The van der Waals surface area contributed by atoms with Gasteiger partial charge in [-0.05, 0) is 27.0 Å². The lowest BCUT2D eigenvalue weighted by Crippen LogP contribution is -2.42. The van der Waals surface area contributed by atoms with Crippen LogP contribution in [0.2, 0.25) is 0 Å².